The molecular formula is C14H12N4O2. The van der Waals surface area contributed by atoms with Crippen LogP contribution in [-0.4, -0.2) is 23.0 Å². The Balaban J connectivity index is 2.28. The van der Waals surface area contributed by atoms with Crippen LogP contribution >= 0.6 is 0 Å². The number of hydrogen-bond donors (Lipinski definition) is 1. The summed E-state index contributed by atoms with van der Waals surface area (Å²) < 4.78 is 4.66. The number of rotatable bonds is 3. The van der Waals surface area contributed by atoms with Crippen LogP contribution in [0.5, 0.6) is 0 Å². The standard InChI is InChI=1S/C14H12N4O2/c1-9-6-12(8-15)18-14(16-9)17-11-5-3-4-10(7-11)13(19)20-2/h3-7H,1-2H3,(H,16,17,18). The smallest absolute Gasteiger partial charge is 0.337 e. The molecule has 0 aliphatic carbocycles. The largest absolute Gasteiger partial charge is 0.465 e. The minimum atomic E-state index is -0.420. The first-order chi connectivity index (χ1) is 9.62. The van der Waals surface area contributed by atoms with Gasteiger partial charge in [-0.2, -0.15) is 5.26 Å². The van der Waals surface area contributed by atoms with E-state index in [1.165, 1.54) is 7.11 Å². The summed E-state index contributed by atoms with van der Waals surface area (Å²) >= 11 is 0. The van der Waals surface area contributed by atoms with Gasteiger partial charge in [0.05, 0.1) is 12.7 Å². The van der Waals surface area contributed by atoms with Crippen LogP contribution in [0.4, 0.5) is 11.6 Å². The van der Waals surface area contributed by atoms with Crippen LogP contribution in [0.3, 0.4) is 0 Å². The third-order valence-corrected chi connectivity index (χ3v) is 2.51. The fourth-order valence-corrected chi connectivity index (χ4v) is 1.65. The minimum absolute atomic E-state index is 0.282. The predicted octanol–water partition coefficient (Wildman–Crippen LogP) is 2.19. The summed E-state index contributed by atoms with van der Waals surface area (Å²) in [6, 6.07) is 10.3. The summed E-state index contributed by atoms with van der Waals surface area (Å²) in [7, 11) is 1.32. The van der Waals surface area contributed by atoms with Gasteiger partial charge in [0, 0.05) is 11.4 Å². The molecule has 0 aliphatic rings. The second-order valence-corrected chi connectivity index (χ2v) is 4.03. The lowest BCUT2D eigenvalue weighted by atomic mass is 10.2. The van der Waals surface area contributed by atoms with E-state index in [-0.39, 0.29) is 5.69 Å². The first-order valence-corrected chi connectivity index (χ1v) is 5.83. The molecule has 1 aromatic heterocycles. The Morgan fingerprint density at radius 1 is 1.35 bits per heavy atom. The molecule has 6 nitrogen and oxygen atoms in total. The number of hydrogen-bond acceptors (Lipinski definition) is 6. The van der Waals surface area contributed by atoms with E-state index >= 15 is 0 Å². The maximum atomic E-state index is 11.4. The van der Waals surface area contributed by atoms with E-state index in [4.69, 9.17) is 5.26 Å². The number of anilines is 2. The highest BCUT2D eigenvalue weighted by Gasteiger charge is 2.07. The number of carbonyl (C=O) groups is 1. The number of nitrogens with zero attached hydrogens (tertiary/aromatic N) is 3. The quantitative estimate of drug-likeness (QED) is 0.858. The molecule has 1 aromatic carbocycles. The van der Waals surface area contributed by atoms with Crippen molar-refractivity contribution in [3.63, 3.8) is 0 Å². The lowest BCUT2D eigenvalue weighted by Gasteiger charge is -2.07. The predicted molar refractivity (Wildman–Crippen MR) is 72.5 cm³/mol. The lowest BCUT2D eigenvalue weighted by Crippen LogP contribution is -2.03. The number of methoxy groups -OCH3 is 1. The summed E-state index contributed by atoms with van der Waals surface area (Å²) in [6.45, 7) is 1.78. The first-order valence-electron chi connectivity index (χ1n) is 5.83. The van der Waals surface area contributed by atoms with Crippen LogP contribution in [0.25, 0.3) is 0 Å². The first kappa shape index (κ1) is 13.5. The van der Waals surface area contributed by atoms with Crippen LogP contribution in [-0.2, 0) is 4.74 Å². The maximum Gasteiger partial charge on any atom is 0.337 e. The Hall–Kier alpha value is -2.94. The van der Waals surface area contributed by atoms with E-state index in [0.717, 1.165) is 0 Å². The van der Waals surface area contributed by atoms with E-state index in [0.29, 0.717) is 22.9 Å². The van der Waals surface area contributed by atoms with Gasteiger partial charge < -0.3 is 10.1 Å². The van der Waals surface area contributed by atoms with Crippen molar-refractivity contribution in [3.05, 3.63) is 47.3 Å². The third-order valence-electron chi connectivity index (χ3n) is 2.51. The van der Waals surface area contributed by atoms with Crippen molar-refractivity contribution in [2.75, 3.05) is 12.4 Å². The molecule has 0 radical (unpaired) electrons. The van der Waals surface area contributed by atoms with Crippen molar-refractivity contribution in [1.29, 1.82) is 5.26 Å². The molecular weight excluding hydrogens is 256 g/mol. The topological polar surface area (TPSA) is 87.9 Å². The molecule has 0 spiro atoms. The zero-order chi connectivity index (χ0) is 14.5. The number of aromatic nitrogens is 2. The molecule has 0 unspecified atom stereocenters. The molecule has 0 saturated heterocycles. The van der Waals surface area contributed by atoms with Crippen molar-refractivity contribution >= 4 is 17.6 Å². The number of aryl methyl sites for hydroxylation is 1. The average molecular weight is 268 g/mol. The van der Waals surface area contributed by atoms with Gasteiger partial charge in [-0.1, -0.05) is 6.07 Å². The summed E-state index contributed by atoms with van der Waals surface area (Å²) in [5, 5.41) is 11.8. The van der Waals surface area contributed by atoms with Gasteiger partial charge in [0.2, 0.25) is 5.95 Å². The zero-order valence-electron chi connectivity index (χ0n) is 11.0. The molecule has 0 bridgehead atoms. The molecule has 20 heavy (non-hydrogen) atoms. The Kier molecular flexibility index (Phi) is 3.91. The zero-order valence-corrected chi connectivity index (χ0v) is 11.0. The Labute approximate surface area is 116 Å². The fourth-order valence-electron chi connectivity index (χ4n) is 1.65. The van der Waals surface area contributed by atoms with Crippen molar-refractivity contribution in [3.8, 4) is 6.07 Å². The molecule has 0 amide bonds. The number of esters is 1. The van der Waals surface area contributed by atoms with Crippen molar-refractivity contribution in [2.45, 2.75) is 6.92 Å². The third kappa shape index (κ3) is 3.09. The van der Waals surface area contributed by atoms with E-state index in [1.807, 2.05) is 6.07 Å². The van der Waals surface area contributed by atoms with Gasteiger partial charge in [-0.3, -0.25) is 0 Å². The monoisotopic (exact) mass is 268 g/mol. The van der Waals surface area contributed by atoms with Crippen LogP contribution in [0, 0.1) is 18.3 Å². The Bertz CT molecular complexity index is 692. The summed E-state index contributed by atoms with van der Waals surface area (Å²) in [6.07, 6.45) is 0. The van der Waals surface area contributed by atoms with Crippen LogP contribution in [0.15, 0.2) is 30.3 Å². The molecule has 0 atom stereocenters. The fraction of sp³-hybridized carbons (Fsp3) is 0.143. The number of benzene rings is 1. The Morgan fingerprint density at radius 3 is 2.85 bits per heavy atom. The van der Waals surface area contributed by atoms with Crippen molar-refractivity contribution < 1.29 is 9.53 Å². The average Bonchev–Trinajstić information content (AvgIpc) is 2.46. The van der Waals surface area contributed by atoms with Gasteiger partial charge >= 0.3 is 5.97 Å². The number of carbonyl (C=O) groups excluding carboxylic acids is 1. The van der Waals surface area contributed by atoms with E-state index in [1.54, 1.807) is 37.3 Å². The van der Waals surface area contributed by atoms with Crippen molar-refractivity contribution in [1.82, 2.24) is 9.97 Å². The van der Waals surface area contributed by atoms with E-state index in [9.17, 15) is 4.79 Å². The molecule has 1 N–H and O–H groups in total. The highest BCUT2D eigenvalue weighted by molar-refractivity contribution is 5.90. The van der Waals surface area contributed by atoms with Gasteiger partial charge in [0.15, 0.2) is 0 Å². The van der Waals surface area contributed by atoms with Crippen LogP contribution < -0.4 is 5.32 Å². The Morgan fingerprint density at radius 2 is 2.15 bits per heavy atom. The van der Waals surface area contributed by atoms with Crippen molar-refractivity contribution in [2.24, 2.45) is 0 Å². The molecule has 2 aromatic rings. The van der Waals surface area contributed by atoms with Crippen LogP contribution in [0.2, 0.25) is 0 Å². The molecule has 0 saturated carbocycles. The molecule has 100 valence electrons. The number of nitriles is 1. The molecule has 2 rings (SSSR count). The van der Waals surface area contributed by atoms with E-state index < -0.39 is 5.97 Å². The van der Waals surface area contributed by atoms with Gasteiger partial charge in [0.1, 0.15) is 11.8 Å². The van der Waals surface area contributed by atoms with Gasteiger partial charge in [0.25, 0.3) is 0 Å². The second kappa shape index (κ2) is 5.80. The number of nitrogens with one attached hydrogen (secondary N) is 1. The highest BCUT2D eigenvalue weighted by Crippen LogP contribution is 2.16. The summed E-state index contributed by atoms with van der Waals surface area (Å²) in [5.41, 5.74) is 2.03. The van der Waals surface area contributed by atoms with E-state index in [2.05, 4.69) is 20.0 Å². The normalized spacial score (nSPS) is 9.65. The molecule has 1 heterocycles. The number of ether oxygens (including phenoxy) is 1. The lowest BCUT2D eigenvalue weighted by molar-refractivity contribution is 0.0601. The maximum absolute atomic E-state index is 11.4. The highest BCUT2D eigenvalue weighted by atomic mass is 16.5. The van der Waals surface area contributed by atoms with Gasteiger partial charge in [-0.25, -0.2) is 14.8 Å². The molecule has 6 heteroatoms. The molecule has 0 aliphatic heterocycles. The van der Waals surface area contributed by atoms with Gasteiger partial charge in [-0.15, -0.1) is 0 Å². The van der Waals surface area contributed by atoms with Crippen LogP contribution in [0.1, 0.15) is 21.7 Å². The SMILES string of the molecule is COC(=O)c1cccc(Nc2nc(C)cc(C#N)n2)c1. The minimum Gasteiger partial charge on any atom is -0.465 e. The van der Waals surface area contributed by atoms with Gasteiger partial charge in [-0.05, 0) is 31.2 Å². The second-order valence-electron chi connectivity index (χ2n) is 4.03. The molecule has 0 fully saturated rings. The summed E-state index contributed by atoms with van der Waals surface area (Å²) in [5.74, 6) is -0.111. The summed E-state index contributed by atoms with van der Waals surface area (Å²) in [4.78, 5) is 19.7.